The zero-order valence-corrected chi connectivity index (χ0v) is 23.8. The molecule has 0 radical (unpaired) electrons. The molecule has 0 aromatic heterocycles. The van der Waals surface area contributed by atoms with Crippen molar-refractivity contribution in [2.75, 3.05) is 7.11 Å². The van der Waals surface area contributed by atoms with E-state index < -0.39 is 10.8 Å². The minimum Gasteiger partial charge on any atom is -0.469 e. The van der Waals surface area contributed by atoms with E-state index in [1.165, 1.54) is 5.57 Å². The fourth-order valence-electron chi connectivity index (χ4n) is 10.5. The number of carbonyl (C=O) groups is 3. The van der Waals surface area contributed by atoms with Crippen molar-refractivity contribution in [2.45, 2.75) is 99.8 Å². The number of carbonyl (C=O) groups excluding carboxylic acids is 3. The number of Topliss-reactive ketones (excluding diaryl/α,β-unsaturated/α-hetero) is 1. The molecule has 5 aliphatic carbocycles. The van der Waals surface area contributed by atoms with Crippen LogP contribution in [0.15, 0.2) is 23.3 Å². The fraction of sp³-hybridized carbons (Fsp3) is 0.781. The van der Waals surface area contributed by atoms with E-state index in [0.29, 0.717) is 11.5 Å². The molecule has 5 aliphatic rings. The van der Waals surface area contributed by atoms with Gasteiger partial charge in [-0.2, -0.15) is 0 Å². The van der Waals surface area contributed by atoms with Crippen LogP contribution in [0.3, 0.4) is 0 Å². The first-order chi connectivity index (χ1) is 16.6. The van der Waals surface area contributed by atoms with Gasteiger partial charge in [-0.3, -0.25) is 14.4 Å². The normalized spacial score (nSPS) is 46.7. The molecule has 36 heavy (non-hydrogen) atoms. The summed E-state index contributed by atoms with van der Waals surface area (Å²) in [5, 5.41) is 0. The average Bonchev–Trinajstić information content (AvgIpc) is 2.81. The van der Waals surface area contributed by atoms with Crippen LogP contribution in [0.5, 0.6) is 0 Å². The molecule has 0 heterocycles. The summed E-state index contributed by atoms with van der Waals surface area (Å²) in [6.07, 6.45) is 13.2. The first-order valence-corrected chi connectivity index (χ1v) is 14.1. The van der Waals surface area contributed by atoms with Gasteiger partial charge in [-0.15, -0.1) is 0 Å². The molecule has 198 valence electrons. The molecule has 0 saturated heterocycles. The summed E-state index contributed by atoms with van der Waals surface area (Å²) < 4.78 is 5.47. The van der Waals surface area contributed by atoms with Gasteiger partial charge in [0.15, 0.2) is 12.1 Å². The van der Waals surface area contributed by atoms with Crippen molar-refractivity contribution in [3.8, 4) is 0 Å². The van der Waals surface area contributed by atoms with Crippen molar-refractivity contribution in [1.82, 2.24) is 0 Å². The predicted octanol–water partition coefficient (Wildman–Crippen LogP) is 6.88. The van der Waals surface area contributed by atoms with E-state index in [-0.39, 0.29) is 45.2 Å². The molecule has 0 spiro atoms. The second kappa shape index (κ2) is 7.67. The Kier molecular flexibility index (Phi) is 5.52. The van der Waals surface area contributed by atoms with E-state index in [2.05, 4.69) is 60.6 Å². The molecule has 5 rings (SSSR count). The number of ether oxygens (including phenoxy) is 1. The van der Waals surface area contributed by atoms with Crippen molar-refractivity contribution in [3.63, 3.8) is 0 Å². The van der Waals surface area contributed by atoms with E-state index in [1.54, 1.807) is 7.11 Å². The Morgan fingerprint density at radius 2 is 1.64 bits per heavy atom. The van der Waals surface area contributed by atoms with Crippen LogP contribution in [0, 0.1) is 50.2 Å². The highest BCUT2D eigenvalue weighted by Crippen LogP contribution is 2.75. The third kappa shape index (κ3) is 3.02. The third-order valence-electron chi connectivity index (χ3n) is 12.7. The molecule has 7 atom stereocenters. The summed E-state index contributed by atoms with van der Waals surface area (Å²) >= 11 is 0. The highest BCUT2D eigenvalue weighted by Gasteiger charge is 2.69. The molecule has 0 amide bonds. The Morgan fingerprint density at radius 1 is 0.972 bits per heavy atom. The molecular weight excluding hydrogens is 448 g/mol. The van der Waals surface area contributed by atoms with Crippen LogP contribution in [-0.4, -0.2) is 25.1 Å². The summed E-state index contributed by atoms with van der Waals surface area (Å²) in [6, 6.07) is 0. The lowest BCUT2D eigenvalue weighted by atomic mass is 9.34. The largest absolute Gasteiger partial charge is 0.469 e. The number of fused-ring (bicyclic) bond motifs is 7. The highest BCUT2D eigenvalue weighted by molar-refractivity contribution is 6.15. The van der Waals surface area contributed by atoms with Crippen LogP contribution in [0.4, 0.5) is 0 Å². The van der Waals surface area contributed by atoms with Crippen LogP contribution in [0.25, 0.3) is 0 Å². The van der Waals surface area contributed by atoms with Gasteiger partial charge in [0.25, 0.3) is 0 Å². The van der Waals surface area contributed by atoms with Crippen molar-refractivity contribution in [3.05, 3.63) is 23.3 Å². The minimum atomic E-state index is -0.536. The van der Waals surface area contributed by atoms with E-state index in [0.717, 1.165) is 57.7 Å². The van der Waals surface area contributed by atoms with Crippen LogP contribution >= 0.6 is 0 Å². The van der Waals surface area contributed by atoms with Gasteiger partial charge in [-0.25, -0.2) is 0 Å². The van der Waals surface area contributed by atoms with E-state index in [9.17, 15) is 14.4 Å². The van der Waals surface area contributed by atoms with E-state index in [1.807, 2.05) is 0 Å². The molecule has 3 saturated carbocycles. The summed E-state index contributed by atoms with van der Waals surface area (Å²) in [6.45, 7) is 16.1. The third-order valence-corrected chi connectivity index (χ3v) is 12.7. The number of methoxy groups -OCH3 is 1. The lowest BCUT2D eigenvalue weighted by molar-refractivity contribution is -0.177. The zero-order valence-electron chi connectivity index (χ0n) is 23.8. The van der Waals surface area contributed by atoms with E-state index in [4.69, 9.17) is 4.74 Å². The highest BCUT2D eigenvalue weighted by atomic mass is 16.5. The van der Waals surface area contributed by atoms with Crippen molar-refractivity contribution < 1.29 is 19.1 Å². The maximum atomic E-state index is 13.4. The van der Waals surface area contributed by atoms with Crippen LogP contribution in [-0.2, 0) is 19.1 Å². The summed E-state index contributed by atoms with van der Waals surface area (Å²) in [4.78, 5) is 38.6. The number of ketones is 1. The van der Waals surface area contributed by atoms with Gasteiger partial charge in [0.1, 0.15) is 0 Å². The lowest BCUT2D eigenvalue weighted by Crippen LogP contribution is -2.64. The lowest BCUT2D eigenvalue weighted by Gasteiger charge is -2.69. The average molecular weight is 495 g/mol. The number of aldehydes is 1. The van der Waals surface area contributed by atoms with Crippen LogP contribution in [0.1, 0.15) is 99.8 Å². The molecule has 4 nitrogen and oxygen atoms in total. The Bertz CT molecular complexity index is 1080. The Labute approximate surface area is 217 Å². The Balaban J connectivity index is 1.65. The number of esters is 1. The van der Waals surface area contributed by atoms with Gasteiger partial charge in [-0.1, -0.05) is 66.2 Å². The molecule has 3 fully saturated rings. The quantitative estimate of drug-likeness (QED) is 0.182. The second-order valence-electron chi connectivity index (χ2n) is 15.0. The number of allylic oxidation sites excluding steroid dienone is 4. The first-order valence-electron chi connectivity index (χ1n) is 14.1. The zero-order chi connectivity index (χ0) is 26.5. The number of hydrogen-bond donors (Lipinski definition) is 0. The maximum Gasteiger partial charge on any atom is 0.312 e. The van der Waals surface area contributed by atoms with Gasteiger partial charge in [0.05, 0.1) is 18.1 Å². The standard InChI is InChI=1S/C32H46O4/c1-27(2)13-15-32(26(35)36-8)16-14-30(6)21(22(32)18-27)9-10-24-29(5)17-20(19-33)25(34)28(3,4)23(29)11-12-31(24,30)7/h9,17,19,22-24H,10-16,18H2,1-8H3/t22-,23-,24+,29-,30+,31+,32-/m0/s1. The summed E-state index contributed by atoms with van der Waals surface area (Å²) in [7, 11) is 1.56. The molecule has 0 bridgehead atoms. The van der Waals surface area contributed by atoms with Crippen molar-refractivity contribution in [1.29, 1.82) is 0 Å². The monoisotopic (exact) mass is 494 g/mol. The van der Waals surface area contributed by atoms with Gasteiger partial charge >= 0.3 is 5.97 Å². The molecular formula is C32H46O4. The molecule has 4 heteroatoms. The smallest absolute Gasteiger partial charge is 0.312 e. The Morgan fingerprint density at radius 3 is 2.28 bits per heavy atom. The van der Waals surface area contributed by atoms with Crippen LogP contribution < -0.4 is 0 Å². The number of rotatable bonds is 2. The van der Waals surface area contributed by atoms with Crippen molar-refractivity contribution >= 4 is 18.0 Å². The topological polar surface area (TPSA) is 60.4 Å². The molecule has 0 aliphatic heterocycles. The maximum absolute atomic E-state index is 13.4. The van der Waals surface area contributed by atoms with Gasteiger partial charge in [0.2, 0.25) is 0 Å². The minimum absolute atomic E-state index is 0.00629. The molecule has 0 unspecified atom stereocenters. The van der Waals surface area contributed by atoms with Gasteiger partial charge < -0.3 is 4.74 Å². The van der Waals surface area contributed by atoms with Crippen LogP contribution in [0.2, 0.25) is 0 Å². The molecule has 0 aromatic carbocycles. The fourth-order valence-corrected chi connectivity index (χ4v) is 10.5. The summed E-state index contributed by atoms with van der Waals surface area (Å²) in [5.41, 5.74) is 0.944. The van der Waals surface area contributed by atoms with E-state index >= 15 is 0 Å². The molecule has 0 N–H and O–H groups in total. The number of hydrogen-bond acceptors (Lipinski definition) is 4. The molecule has 0 aromatic rings. The Hall–Kier alpha value is -1.71. The second-order valence-corrected chi connectivity index (χ2v) is 15.0. The van der Waals surface area contributed by atoms with Gasteiger partial charge in [0, 0.05) is 5.41 Å². The first kappa shape index (κ1) is 25.9. The van der Waals surface area contributed by atoms with Gasteiger partial charge in [-0.05, 0) is 90.8 Å². The summed E-state index contributed by atoms with van der Waals surface area (Å²) in [5.74, 6) is 0.791. The van der Waals surface area contributed by atoms with Crippen molar-refractivity contribution in [2.24, 2.45) is 50.2 Å². The SMILES string of the molecule is COC(=O)[C@]12CCC(C)(C)C[C@H]1C1=CC[C@@H]3[C@@]4(C)C=C(C=O)C(=O)C(C)(C)[C@@H]4CC[C@@]3(C)[C@]1(C)CC2. The predicted molar refractivity (Wildman–Crippen MR) is 141 cm³/mol.